The molecule has 0 bridgehead atoms. The molecule has 0 amide bonds. The lowest BCUT2D eigenvalue weighted by atomic mass is 9.99. The number of hydrogen-bond acceptors (Lipinski definition) is 3. The first kappa shape index (κ1) is 11.3. The van der Waals surface area contributed by atoms with Crippen molar-refractivity contribution in [3.05, 3.63) is 18.0 Å². The van der Waals surface area contributed by atoms with Crippen LogP contribution in [0.1, 0.15) is 25.0 Å². The molecular weight excluding hydrogens is 204 g/mol. The topological polar surface area (TPSA) is 44.1 Å². The molecule has 1 aliphatic heterocycles. The summed E-state index contributed by atoms with van der Waals surface area (Å²) in [5.74, 6) is 0.802. The van der Waals surface area contributed by atoms with E-state index < -0.39 is 0 Å². The highest BCUT2D eigenvalue weighted by atomic mass is 16.5. The molecule has 0 N–H and O–H groups in total. The lowest BCUT2D eigenvalue weighted by Crippen LogP contribution is -2.10. The van der Waals surface area contributed by atoms with E-state index in [4.69, 9.17) is 4.74 Å². The Morgan fingerprint density at radius 1 is 1.69 bits per heavy atom. The summed E-state index contributed by atoms with van der Waals surface area (Å²) in [6, 6.07) is 1.96. The maximum atomic E-state index is 11.7. The van der Waals surface area contributed by atoms with Gasteiger partial charge in [-0.2, -0.15) is 5.10 Å². The zero-order chi connectivity index (χ0) is 11.4. The summed E-state index contributed by atoms with van der Waals surface area (Å²) in [4.78, 5) is 11.7. The smallest absolute Gasteiger partial charge is 0.133 e. The van der Waals surface area contributed by atoms with Crippen molar-refractivity contribution in [3.63, 3.8) is 0 Å². The van der Waals surface area contributed by atoms with Crippen molar-refractivity contribution < 1.29 is 9.53 Å². The van der Waals surface area contributed by atoms with Crippen LogP contribution in [0.2, 0.25) is 0 Å². The number of rotatable bonds is 5. The van der Waals surface area contributed by atoms with Gasteiger partial charge in [-0.25, -0.2) is 0 Å². The van der Waals surface area contributed by atoms with Crippen LogP contribution >= 0.6 is 0 Å². The first-order valence-electron chi connectivity index (χ1n) is 5.82. The maximum Gasteiger partial charge on any atom is 0.133 e. The Morgan fingerprint density at radius 2 is 2.56 bits per heavy atom. The Bertz CT molecular complexity index is 354. The van der Waals surface area contributed by atoms with Crippen LogP contribution in [0.15, 0.2) is 12.3 Å². The van der Waals surface area contributed by atoms with E-state index in [2.05, 4.69) is 5.10 Å². The number of nitrogens with zero attached hydrogens (tertiary/aromatic N) is 2. The van der Waals surface area contributed by atoms with E-state index in [1.54, 1.807) is 6.20 Å². The normalized spacial score (nSPS) is 20.2. The SMILES string of the molecule is Cn1nccc1CCC(=O)CC1CCOC1. The lowest BCUT2D eigenvalue weighted by Gasteiger charge is -2.06. The number of ether oxygens (including phenoxy) is 1. The summed E-state index contributed by atoms with van der Waals surface area (Å²) in [5, 5.41) is 4.08. The number of Topliss-reactive ketones (excluding diaryl/α,β-unsaturated/α-hetero) is 1. The van der Waals surface area contributed by atoms with Crippen molar-refractivity contribution in [2.75, 3.05) is 13.2 Å². The Labute approximate surface area is 95.6 Å². The van der Waals surface area contributed by atoms with Gasteiger partial charge in [0.05, 0.1) is 0 Å². The summed E-state index contributed by atoms with van der Waals surface area (Å²) in [6.45, 7) is 1.58. The van der Waals surface area contributed by atoms with Crippen LogP contribution in [0, 0.1) is 5.92 Å². The third kappa shape index (κ3) is 2.92. The molecule has 1 aromatic rings. The van der Waals surface area contributed by atoms with Crippen molar-refractivity contribution in [1.82, 2.24) is 9.78 Å². The predicted molar refractivity (Wildman–Crippen MR) is 60.1 cm³/mol. The molecule has 4 nitrogen and oxygen atoms in total. The van der Waals surface area contributed by atoms with E-state index in [0.717, 1.165) is 31.7 Å². The Hall–Kier alpha value is -1.16. The third-order valence-corrected chi connectivity index (χ3v) is 3.12. The number of aromatic nitrogens is 2. The van der Waals surface area contributed by atoms with Gasteiger partial charge in [0.25, 0.3) is 0 Å². The highest BCUT2D eigenvalue weighted by molar-refractivity contribution is 5.78. The standard InChI is InChI=1S/C12H18N2O2/c1-14-11(4-6-13-14)2-3-12(15)8-10-5-7-16-9-10/h4,6,10H,2-3,5,7-9H2,1H3. The summed E-state index contributed by atoms with van der Waals surface area (Å²) in [7, 11) is 1.91. The fraction of sp³-hybridized carbons (Fsp3) is 0.667. The average molecular weight is 222 g/mol. The van der Waals surface area contributed by atoms with Gasteiger partial charge < -0.3 is 4.74 Å². The number of carbonyl (C=O) groups excluding carboxylic acids is 1. The molecule has 1 atom stereocenters. The quantitative estimate of drug-likeness (QED) is 0.755. The Balaban J connectivity index is 1.73. The summed E-state index contributed by atoms with van der Waals surface area (Å²) in [6.07, 6.45) is 4.90. The van der Waals surface area contributed by atoms with Crippen LogP contribution in [0.5, 0.6) is 0 Å². The van der Waals surface area contributed by atoms with E-state index in [1.807, 2.05) is 17.8 Å². The van der Waals surface area contributed by atoms with Gasteiger partial charge in [-0.05, 0) is 24.8 Å². The largest absolute Gasteiger partial charge is 0.381 e. The van der Waals surface area contributed by atoms with Crippen LogP contribution in [-0.4, -0.2) is 28.8 Å². The van der Waals surface area contributed by atoms with Crippen molar-refractivity contribution in [2.24, 2.45) is 13.0 Å². The molecule has 2 heterocycles. The molecule has 16 heavy (non-hydrogen) atoms. The molecule has 1 saturated heterocycles. The van der Waals surface area contributed by atoms with Crippen molar-refractivity contribution in [3.8, 4) is 0 Å². The number of hydrogen-bond donors (Lipinski definition) is 0. The molecule has 0 radical (unpaired) electrons. The maximum absolute atomic E-state index is 11.7. The molecule has 2 rings (SSSR count). The van der Waals surface area contributed by atoms with E-state index >= 15 is 0 Å². The average Bonchev–Trinajstić information content (AvgIpc) is 2.87. The molecule has 0 saturated carbocycles. The second kappa shape index (κ2) is 5.25. The van der Waals surface area contributed by atoms with E-state index in [1.165, 1.54) is 0 Å². The Kier molecular flexibility index (Phi) is 3.72. The number of ketones is 1. The molecule has 88 valence electrons. The van der Waals surface area contributed by atoms with E-state index in [9.17, 15) is 4.79 Å². The minimum absolute atomic E-state index is 0.344. The first-order valence-corrected chi connectivity index (χ1v) is 5.82. The fourth-order valence-electron chi connectivity index (χ4n) is 2.08. The van der Waals surface area contributed by atoms with Crippen LogP contribution < -0.4 is 0 Å². The number of carbonyl (C=O) groups is 1. The van der Waals surface area contributed by atoms with Crippen molar-refractivity contribution in [1.29, 1.82) is 0 Å². The minimum atomic E-state index is 0.344. The van der Waals surface area contributed by atoms with Crippen LogP contribution in [-0.2, 0) is 23.0 Å². The van der Waals surface area contributed by atoms with Gasteiger partial charge in [-0.1, -0.05) is 0 Å². The molecule has 4 heteroatoms. The fourth-order valence-corrected chi connectivity index (χ4v) is 2.08. The highest BCUT2D eigenvalue weighted by Gasteiger charge is 2.18. The predicted octanol–water partition coefficient (Wildman–Crippen LogP) is 1.35. The highest BCUT2D eigenvalue weighted by Crippen LogP contribution is 2.17. The van der Waals surface area contributed by atoms with Crippen molar-refractivity contribution >= 4 is 5.78 Å². The lowest BCUT2D eigenvalue weighted by molar-refractivity contribution is -0.120. The molecule has 1 aliphatic rings. The van der Waals surface area contributed by atoms with Gasteiger partial charge in [-0.15, -0.1) is 0 Å². The van der Waals surface area contributed by atoms with Gasteiger partial charge in [0, 0.05) is 45.0 Å². The monoisotopic (exact) mass is 222 g/mol. The molecule has 1 aromatic heterocycles. The summed E-state index contributed by atoms with van der Waals surface area (Å²) >= 11 is 0. The second-order valence-electron chi connectivity index (χ2n) is 4.42. The van der Waals surface area contributed by atoms with Crippen LogP contribution in [0.4, 0.5) is 0 Å². The van der Waals surface area contributed by atoms with Gasteiger partial charge in [-0.3, -0.25) is 9.48 Å². The van der Waals surface area contributed by atoms with Crippen molar-refractivity contribution in [2.45, 2.75) is 25.7 Å². The summed E-state index contributed by atoms with van der Waals surface area (Å²) in [5.41, 5.74) is 1.12. The van der Waals surface area contributed by atoms with Gasteiger partial charge in [0.15, 0.2) is 0 Å². The summed E-state index contributed by atoms with van der Waals surface area (Å²) < 4.78 is 7.09. The van der Waals surface area contributed by atoms with Crippen LogP contribution in [0.25, 0.3) is 0 Å². The number of aryl methyl sites for hydroxylation is 2. The molecule has 0 aliphatic carbocycles. The van der Waals surface area contributed by atoms with Gasteiger partial charge >= 0.3 is 0 Å². The minimum Gasteiger partial charge on any atom is -0.381 e. The molecule has 0 aromatic carbocycles. The zero-order valence-corrected chi connectivity index (χ0v) is 9.69. The zero-order valence-electron chi connectivity index (χ0n) is 9.69. The third-order valence-electron chi connectivity index (χ3n) is 3.12. The van der Waals surface area contributed by atoms with E-state index in [0.29, 0.717) is 24.5 Å². The van der Waals surface area contributed by atoms with Crippen LogP contribution in [0.3, 0.4) is 0 Å². The van der Waals surface area contributed by atoms with Gasteiger partial charge in [0.1, 0.15) is 5.78 Å². The molecular formula is C12H18N2O2. The van der Waals surface area contributed by atoms with E-state index in [-0.39, 0.29) is 0 Å². The molecule has 1 fully saturated rings. The van der Waals surface area contributed by atoms with Gasteiger partial charge in [0.2, 0.25) is 0 Å². The molecule has 0 spiro atoms. The molecule has 1 unspecified atom stereocenters. The first-order chi connectivity index (χ1) is 7.75. The Morgan fingerprint density at radius 3 is 3.19 bits per heavy atom. The second-order valence-corrected chi connectivity index (χ2v) is 4.42.